The third-order valence-electron chi connectivity index (χ3n) is 3.05. The van der Waals surface area contributed by atoms with Gasteiger partial charge in [-0.2, -0.15) is 13.2 Å². The lowest BCUT2D eigenvalue weighted by Crippen LogP contribution is -2.54. The summed E-state index contributed by atoms with van der Waals surface area (Å²) in [5, 5.41) is 9.24. The Morgan fingerprint density at radius 2 is 1.83 bits per heavy atom. The van der Waals surface area contributed by atoms with Gasteiger partial charge in [-0.05, 0) is 6.92 Å². The van der Waals surface area contributed by atoms with Crippen molar-refractivity contribution in [3.63, 3.8) is 0 Å². The Labute approximate surface area is 105 Å². The summed E-state index contributed by atoms with van der Waals surface area (Å²) >= 11 is 0. The maximum atomic E-state index is 12.2. The fourth-order valence-corrected chi connectivity index (χ4v) is 2.07. The van der Waals surface area contributed by atoms with Crippen molar-refractivity contribution in [1.82, 2.24) is 9.80 Å². The first-order valence-corrected chi connectivity index (χ1v) is 6.18. The van der Waals surface area contributed by atoms with Gasteiger partial charge in [-0.1, -0.05) is 0 Å². The van der Waals surface area contributed by atoms with E-state index in [1.807, 2.05) is 11.8 Å². The molecule has 1 aliphatic heterocycles. The normalized spacial score (nSPS) is 21.2. The average Bonchev–Trinajstić information content (AvgIpc) is 2.30. The molecule has 0 aliphatic carbocycles. The maximum Gasteiger partial charge on any atom is 0.401 e. The van der Waals surface area contributed by atoms with E-state index in [2.05, 4.69) is 0 Å². The fraction of sp³-hybridized carbons (Fsp3) is 1.00. The zero-order valence-corrected chi connectivity index (χ0v) is 10.6. The summed E-state index contributed by atoms with van der Waals surface area (Å²) in [5.74, 6) is 0. The molecule has 0 radical (unpaired) electrons. The molecule has 1 aliphatic rings. The summed E-state index contributed by atoms with van der Waals surface area (Å²) < 4.78 is 41.9. The second-order valence-corrected chi connectivity index (χ2v) is 4.42. The highest BCUT2D eigenvalue weighted by Crippen LogP contribution is 2.18. The van der Waals surface area contributed by atoms with Gasteiger partial charge >= 0.3 is 6.18 Å². The summed E-state index contributed by atoms with van der Waals surface area (Å²) in [7, 11) is 0. The zero-order chi connectivity index (χ0) is 13.6. The minimum absolute atomic E-state index is 0.0285. The van der Waals surface area contributed by atoms with Crippen LogP contribution in [0.2, 0.25) is 0 Å². The molecular weight excluding hydrogens is 249 g/mol. The van der Waals surface area contributed by atoms with Crippen LogP contribution in [-0.4, -0.2) is 79.7 Å². The van der Waals surface area contributed by atoms with Crippen LogP contribution in [0.25, 0.3) is 0 Å². The van der Waals surface area contributed by atoms with Crippen molar-refractivity contribution >= 4 is 0 Å². The van der Waals surface area contributed by atoms with Crippen LogP contribution in [0.3, 0.4) is 0 Å². The summed E-state index contributed by atoms with van der Waals surface area (Å²) in [6, 6.07) is -0.113. The molecule has 0 aromatic rings. The van der Waals surface area contributed by atoms with Crippen molar-refractivity contribution in [3.8, 4) is 0 Å². The Balaban J connectivity index is 2.33. The van der Waals surface area contributed by atoms with Crippen molar-refractivity contribution in [2.45, 2.75) is 19.1 Å². The molecule has 0 aromatic carbocycles. The Bertz CT molecular complexity index is 231. The van der Waals surface area contributed by atoms with Crippen LogP contribution in [0.4, 0.5) is 13.2 Å². The molecule has 1 saturated heterocycles. The predicted octanol–water partition coefficient (Wildman–Crippen LogP) is 0.564. The topological polar surface area (TPSA) is 35.9 Å². The molecule has 18 heavy (non-hydrogen) atoms. The number of piperazine rings is 1. The number of ether oxygens (including phenoxy) is 1. The van der Waals surface area contributed by atoms with Gasteiger partial charge in [-0.15, -0.1) is 0 Å². The minimum Gasteiger partial charge on any atom is -0.395 e. The monoisotopic (exact) mass is 270 g/mol. The van der Waals surface area contributed by atoms with Crippen molar-refractivity contribution < 1.29 is 23.0 Å². The van der Waals surface area contributed by atoms with Gasteiger partial charge in [0.05, 0.1) is 25.8 Å². The summed E-state index contributed by atoms with van der Waals surface area (Å²) in [6.07, 6.45) is -4.14. The molecule has 1 N–H and O–H groups in total. The molecule has 0 spiro atoms. The average molecular weight is 270 g/mol. The Morgan fingerprint density at radius 1 is 1.22 bits per heavy atom. The van der Waals surface area contributed by atoms with Crippen LogP contribution in [0.5, 0.6) is 0 Å². The number of hydrogen-bond acceptors (Lipinski definition) is 4. The molecule has 0 bridgehead atoms. The number of hydrogen-bond donors (Lipinski definition) is 1. The van der Waals surface area contributed by atoms with Crippen LogP contribution in [0, 0.1) is 0 Å². The number of halogens is 3. The Morgan fingerprint density at radius 3 is 2.28 bits per heavy atom. The van der Waals surface area contributed by atoms with Gasteiger partial charge in [-0.3, -0.25) is 9.80 Å². The lowest BCUT2D eigenvalue weighted by molar-refractivity contribution is -0.150. The first-order chi connectivity index (χ1) is 8.46. The molecule has 7 heteroatoms. The molecular formula is C11H21F3N2O2. The number of aliphatic hydroxyl groups is 1. The highest BCUT2D eigenvalue weighted by molar-refractivity contribution is 4.79. The second kappa shape index (κ2) is 7.28. The van der Waals surface area contributed by atoms with Gasteiger partial charge in [0.1, 0.15) is 0 Å². The van der Waals surface area contributed by atoms with E-state index < -0.39 is 12.7 Å². The molecule has 1 unspecified atom stereocenters. The first kappa shape index (κ1) is 15.7. The number of aliphatic hydroxyl groups excluding tert-OH is 1. The summed E-state index contributed by atoms with van der Waals surface area (Å²) in [5.41, 5.74) is 0. The van der Waals surface area contributed by atoms with E-state index in [9.17, 15) is 18.3 Å². The number of nitrogens with zero attached hydrogens (tertiary/aromatic N) is 2. The lowest BCUT2D eigenvalue weighted by Gasteiger charge is -2.38. The molecule has 1 fully saturated rings. The molecule has 1 heterocycles. The van der Waals surface area contributed by atoms with E-state index in [1.165, 1.54) is 4.90 Å². The number of rotatable bonds is 6. The van der Waals surface area contributed by atoms with E-state index in [0.717, 1.165) is 0 Å². The van der Waals surface area contributed by atoms with E-state index in [-0.39, 0.29) is 12.6 Å². The third kappa shape index (κ3) is 5.51. The van der Waals surface area contributed by atoms with Crippen molar-refractivity contribution in [2.24, 2.45) is 0 Å². The molecule has 0 aromatic heterocycles. The van der Waals surface area contributed by atoms with Gasteiger partial charge in [0, 0.05) is 32.8 Å². The van der Waals surface area contributed by atoms with Crippen molar-refractivity contribution in [3.05, 3.63) is 0 Å². The molecule has 1 atom stereocenters. The quantitative estimate of drug-likeness (QED) is 0.765. The molecule has 108 valence electrons. The summed E-state index contributed by atoms with van der Waals surface area (Å²) in [4.78, 5) is 3.38. The first-order valence-electron chi connectivity index (χ1n) is 6.18. The molecule has 4 nitrogen and oxygen atoms in total. The van der Waals surface area contributed by atoms with E-state index >= 15 is 0 Å². The van der Waals surface area contributed by atoms with Crippen LogP contribution in [0.1, 0.15) is 6.92 Å². The highest BCUT2D eigenvalue weighted by Gasteiger charge is 2.33. The zero-order valence-electron chi connectivity index (χ0n) is 10.6. The third-order valence-corrected chi connectivity index (χ3v) is 3.05. The van der Waals surface area contributed by atoms with Gasteiger partial charge in [0.25, 0.3) is 0 Å². The SMILES string of the molecule is CCOCC(CO)N1CCN(CC(F)(F)F)CC1. The van der Waals surface area contributed by atoms with Crippen molar-refractivity contribution in [1.29, 1.82) is 0 Å². The second-order valence-electron chi connectivity index (χ2n) is 4.42. The molecule has 0 saturated carbocycles. The molecule has 1 rings (SSSR count). The molecule has 0 amide bonds. The fourth-order valence-electron chi connectivity index (χ4n) is 2.07. The van der Waals surface area contributed by atoms with Gasteiger partial charge in [0.2, 0.25) is 0 Å². The Kier molecular flexibility index (Phi) is 6.34. The van der Waals surface area contributed by atoms with Crippen LogP contribution in [0.15, 0.2) is 0 Å². The van der Waals surface area contributed by atoms with Gasteiger partial charge in [-0.25, -0.2) is 0 Å². The van der Waals surface area contributed by atoms with Gasteiger partial charge < -0.3 is 9.84 Å². The van der Waals surface area contributed by atoms with Crippen molar-refractivity contribution in [2.75, 3.05) is 52.5 Å². The van der Waals surface area contributed by atoms with E-state index in [1.54, 1.807) is 0 Å². The van der Waals surface area contributed by atoms with Crippen LogP contribution in [-0.2, 0) is 4.74 Å². The summed E-state index contributed by atoms with van der Waals surface area (Å²) in [6.45, 7) is 3.81. The Hall–Kier alpha value is -0.370. The highest BCUT2D eigenvalue weighted by atomic mass is 19.4. The largest absolute Gasteiger partial charge is 0.401 e. The number of alkyl halides is 3. The van der Waals surface area contributed by atoms with Crippen LogP contribution >= 0.6 is 0 Å². The smallest absolute Gasteiger partial charge is 0.395 e. The van der Waals surface area contributed by atoms with Crippen LogP contribution < -0.4 is 0 Å². The maximum absolute atomic E-state index is 12.2. The van der Waals surface area contributed by atoms with E-state index in [4.69, 9.17) is 4.74 Å². The predicted molar refractivity (Wildman–Crippen MR) is 61.4 cm³/mol. The standard InChI is InChI=1S/C11H21F3N2O2/c1-2-18-8-10(7-17)16-5-3-15(4-6-16)9-11(12,13)14/h10,17H,2-9H2,1H3. The van der Waals surface area contributed by atoms with Gasteiger partial charge in [0.15, 0.2) is 0 Å². The minimum atomic E-state index is -4.14. The lowest BCUT2D eigenvalue weighted by atomic mass is 10.2. The van der Waals surface area contributed by atoms with E-state index in [0.29, 0.717) is 39.4 Å².